The van der Waals surface area contributed by atoms with E-state index in [1.807, 2.05) is 24.0 Å². The van der Waals surface area contributed by atoms with E-state index in [1.165, 1.54) is 5.56 Å². The van der Waals surface area contributed by atoms with Gasteiger partial charge in [-0.3, -0.25) is 9.59 Å². The monoisotopic (exact) mass is 341 g/mol. The quantitative estimate of drug-likeness (QED) is 0.910. The van der Waals surface area contributed by atoms with Crippen molar-refractivity contribution in [3.8, 4) is 0 Å². The van der Waals surface area contributed by atoms with Crippen LogP contribution in [0, 0.1) is 18.8 Å². The molecule has 2 aliphatic heterocycles. The lowest BCUT2D eigenvalue weighted by Crippen LogP contribution is -2.46. The highest BCUT2D eigenvalue weighted by Crippen LogP contribution is 2.38. The van der Waals surface area contributed by atoms with Gasteiger partial charge in [-0.15, -0.1) is 0 Å². The fourth-order valence-electron chi connectivity index (χ4n) is 4.78. The molecular formula is C20H27N3O2. The van der Waals surface area contributed by atoms with Crippen LogP contribution < -0.4 is 5.73 Å². The Morgan fingerprint density at radius 3 is 2.64 bits per heavy atom. The standard InChI is InChI=1S/C20H27N3O2/c1-13-2-4-14(5-3-13)10-23-18(8-9-19(23)24)20(25)22-11-15-6-7-17(21)16(15)12-22/h2-5,15-18H,6-12,21H2,1H3. The van der Waals surface area contributed by atoms with Crippen molar-refractivity contribution in [3.63, 3.8) is 0 Å². The van der Waals surface area contributed by atoms with Gasteiger partial charge in [0.25, 0.3) is 0 Å². The summed E-state index contributed by atoms with van der Waals surface area (Å²) in [4.78, 5) is 29.2. The SMILES string of the molecule is Cc1ccc(CN2C(=O)CCC2C(=O)N2CC3CCC(N)C3C2)cc1. The number of fused-ring (bicyclic) bond motifs is 1. The number of carbonyl (C=O) groups excluding carboxylic acids is 2. The maximum absolute atomic E-state index is 13.1. The lowest BCUT2D eigenvalue weighted by molar-refractivity contribution is -0.141. The van der Waals surface area contributed by atoms with Crippen LogP contribution in [0.5, 0.6) is 0 Å². The summed E-state index contributed by atoms with van der Waals surface area (Å²) in [6.07, 6.45) is 3.33. The van der Waals surface area contributed by atoms with Crippen LogP contribution in [0.25, 0.3) is 0 Å². The minimum Gasteiger partial charge on any atom is -0.340 e. The van der Waals surface area contributed by atoms with Crippen LogP contribution in [-0.4, -0.2) is 46.8 Å². The lowest BCUT2D eigenvalue weighted by atomic mass is 9.98. The third-order valence-electron chi connectivity index (χ3n) is 6.31. The molecule has 4 unspecified atom stereocenters. The van der Waals surface area contributed by atoms with Crippen molar-refractivity contribution in [2.45, 2.75) is 51.2 Å². The number of hydrogen-bond acceptors (Lipinski definition) is 3. The van der Waals surface area contributed by atoms with Crippen LogP contribution >= 0.6 is 0 Å². The van der Waals surface area contributed by atoms with Gasteiger partial charge in [0.1, 0.15) is 6.04 Å². The predicted octanol–water partition coefficient (Wildman–Crippen LogP) is 1.68. The molecule has 5 nitrogen and oxygen atoms in total. The van der Waals surface area contributed by atoms with Crippen LogP contribution in [0.4, 0.5) is 0 Å². The molecule has 5 heteroatoms. The van der Waals surface area contributed by atoms with Crippen LogP contribution in [0.1, 0.15) is 36.8 Å². The van der Waals surface area contributed by atoms with Crippen molar-refractivity contribution in [2.24, 2.45) is 17.6 Å². The van der Waals surface area contributed by atoms with E-state index in [0.717, 1.165) is 31.5 Å². The number of likely N-dealkylation sites (tertiary alicyclic amines) is 2. The van der Waals surface area contributed by atoms with E-state index in [4.69, 9.17) is 5.73 Å². The first-order chi connectivity index (χ1) is 12.0. The smallest absolute Gasteiger partial charge is 0.245 e. The van der Waals surface area contributed by atoms with E-state index in [9.17, 15) is 9.59 Å². The second-order valence-electron chi connectivity index (χ2n) is 7.97. The molecular weight excluding hydrogens is 314 g/mol. The first-order valence-corrected chi connectivity index (χ1v) is 9.42. The fourth-order valence-corrected chi connectivity index (χ4v) is 4.78. The molecule has 1 aromatic carbocycles. The summed E-state index contributed by atoms with van der Waals surface area (Å²) in [6.45, 7) is 4.16. The molecule has 3 fully saturated rings. The number of rotatable bonds is 3. The van der Waals surface area contributed by atoms with E-state index in [0.29, 0.717) is 31.2 Å². The molecule has 4 rings (SSSR count). The second kappa shape index (κ2) is 6.45. The topological polar surface area (TPSA) is 66.6 Å². The third kappa shape index (κ3) is 3.06. The number of aryl methyl sites for hydroxylation is 1. The molecule has 0 radical (unpaired) electrons. The highest BCUT2D eigenvalue weighted by molar-refractivity contribution is 5.91. The Labute approximate surface area is 149 Å². The zero-order valence-electron chi connectivity index (χ0n) is 14.9. The zero-order chi connectivity index (χ0) is 17.6. The van der Waals surface area contributed by atoms with Crippen LogP contribution in [0.3, 0.4) is 0 Å². The number of nitrogens with two attached hydrogens (primary N) is 1. The normalized spacial score (nSPS) is 31.7. The minimum atomic E-state index is -0.302. The Kier molecular flexibility index (Phi) is 4.28. The number of hydrogen-bond donors (Lipinski definition) is 1. The van der Waals surface area contributed by atoms with Gasteiger partial charge in [-0.2, -0.15) is 0 Å². The summed E-state index contributed by atoms with van der Waals surface area (Å²) in [5.74, 6) is 1.22. The molecule has 4 atom stereocenters. The largest absolute Gasteiger partial charge is 0.340 e. The Morgan fingerprint density at radius 1 is 1.16 bits per heavy atom. The molecule has 25 heavy (non-hydrogen) atoms. The molecule has 2 N–H and O–H groups in total. The van der Waals surface area contributed by atoms with Crippen molar-refractivity contribution >= 4 is 11.8 Å². The third-order valence-corrected chi connectivity index (χ3v) is 6.31. The summed E-state index contributed by atoms with van der Waals surface area (Å²) in [5, 5.41) is 0. The van der Waals surface area contributed by atoms with Crippen molar-refractivity contribution in [3.05, 3.63) is 35.4 Å². The summed E-state index contributed by atoms with van der Waals surface area (Å²) in [5.41, 5.74) is 8.48. The van der Waals surface area contributed by atoms with Gasteiger partial charge in [-0.1, -0.05) is 29.8 Å². The molecule has 2 amide bonds. The fraction of sp³-hybridized carbons (Fsp3) is 0.600. The number of carbonyl (C=O) groups is 2. The van der Waals surface area contributed by atoms with Crippen LogP contribution in [-0.2, 0) is 16.1 Å². The van der Waals surface area contributed by atoms with Crippen molar-refractivity contribution in [1.82, 2.24) is 9.80 Å². The van der Waals surface area contributed by atoms with Gasteiger partial charge in [-0.05, 0) is 43.6 Å². The Balaban J connectivity index is 1.46. The highest BCUT2D eigenvalue weighted by atomic mass is 16.2. The predicted molar refractivity (Wildman–Crippen MR) is 95.5 cm³/mol. The van der Waals surface area contributed by atoms with E-state index < -0.39 is 0 Å². The number of benzene rings is 1. The van der Waals surface area contributed by atoms with E-state index >= 15 is 0 Å². The number of nitrogens with zero attached hydrogens (tertiary/aromatic N) is 2. The van der Waals surface area contributed by atoms with Crippen molar-refractivity contribution in [1.29, 1.82) is 0 Å². The first kappa shape index (κ1) is 16.6. The first-order valence-electron chi connectivity index (χ1n) is 9.42. The van der Waals surface area contributed by atoms with Gasteiger partial charge in [0.2, 0.25) is 11.8 Å². The summed E-state index contributed by atoms with van der Waals surface area (Å²) in [7, 11) is 0. The molecule has 2 heterocycles. The molecule has 0 bridgehead atoms. The van der Waals surface area contributed by atoms with Crippen molar-refractivity contribution in [2.75, 3.05) is 13.1 Å². The Bertz CT molecular complexity index is 672. The molecule has 3 aliphatic rings. The van der Waals surface area contributed by atoms with E-state index in [-0.39, 0.29) is 23.9 Å². The molecule has 2 saturated heterocycles. The maximum atomic E-state index is 13.1. The van der Waals surface area contributed by atoms with Gasteiger partial charge >= 0.3 is 0 Å². The molecule has 1 aliphatic carbocycles. The van der Waals surface area contributed by atoms with Gasteiger partial charge < -0.3 is 15.5 Å². The van der Waals surface area contributed by atoms with E-state index in [1.54, 1.807) is 4.90 Å². The number of amides is 2. The van der Waals surface area contributed by atoms with Gasteiger partial charge in [0, 0.05) is 32.1 Å². The molecule has 0 aromatic heterocycles. The lowest BCUT2D eigenvalue weighted by Gasteiger charge is -2.29. The summed E-state index contributed by atoms with van der Waals surface area (Å²) in [6, 6.07) is 8.12. The van der Waals surface area contributed by atoms with Crippen molar-refractivity contribution < 1.29 is 9.59 Å². The summed E-state index contributed by atoms with van der Waals surface area (Å²) >= 11 is 0. The molecule has 1 saturated carbocycles. The minimum absolute atomic E-state index is 0.0926. The van der Waals surface area contributed by atoms with Gasteiger partial charge in [0.05, 0.1) is 0 Å². The Morgan fingerprint density at radius 2 is 1.92 bits per heavy atom. The average molecular weight is 341 g/mol. The van der Waals surface area contributed by atoms with Crippen LogP contribution in [0.2, 0.25) is 0 Å². The van der Waals surface area contributed by atoms with Gasteiger partial charge in [0.15, 0.2) is 0 Å². The molecule has 1 aromatic rings. The van der Waals surface area contributed by atoms with E-state index in [2.05, 4.69) is 12.1 Å². The van der Waals surface area contributed by atoms with Gasteiger partial charge in [-0.25, -0.2) is 0 Å². The Hall–Kier alpha value is -1.88. The highest BCUT2D eigenvalue weighted by Gasteiger charge is 2.46. The van der Waals surface area contributed by atoms with Crippen LogP contribution in [0.15, 0.2) is 24.3 Å². The second-order valence-corrected chi connectivity index (χ2v) is 7.97. The molecule has 134 valence electrons. The summed E-state index contributed by atoms with van der Waals surface area (Å²) < 4.78 is 0. The average Bonchev–Trinajstić information content (AvgIpc) is 3.27. The zero-order valence-corrected chi connectivity index (χ0v) is 14.9. The molecule has 0 spiro atoms. The maximum Gasteiger partial charge on any atom is 0.245 e.